The van der Waals surface area contributed by atoms with Crippen molar-refractivity contribution in [2.45, 2.75) is 6.18 Å². The molecule has 0 aliphatic carbocycles. The van der Waals surface area contributed by atoms with E-state index in [4.69, 9.17) is 4.74 Å². The Bertz CT molecular complexity index is 755. The predicted octanol–water partition coefficient (Wildman–Crippen LogP) is 2.47. The molecule has 26 heavy (non-hydrogen) atoms. The molecule has 2 aromatic rings. The van der Waals surface area contributed by atoms with Gasteiger partial charge in [0.05, 0.1) is 12.7 Å². The molecule has 0 unspecified atom stereocenters. The van der Waals surface area contributed by atoms with Crippen LogP contribution in [0.15, 0.2) is 36.4 Å². The number of hydrogen-bond donors (Lipinski definition) is 0. The van der Waals surface area contributed by atoms with Crippen molar-refractivity contribution in [2.24, 2.45) is 0 Å². The van der Waals surface area contributed by atoms with Gasteiger partial charge in [0.15, 0.2) is 5.82 Å². The predicted molar refractivity (Wildman–Crippen MR) is 88.1 cm³/mol. The normalized spacial score (nSPS) is 15.1. The van der Waals surface area contributed by atoms with Crippen LogP contribution in [0, 0.1) is 0 Å². The zero-order valence-electron chi connectivity index (χ0n) is 14.0. The van der Waals surface area contributed by atoms with Crippen LogP contribution in [-0.4, -0.2) is 54.3 Å². The molecule has 1 aromatic heterocycles. The van der Waals surface area contributed by atoms with Gasteiger partial charge in [-0.2, -0.15) is 13.2 Å². The molecule has 138 valence electrons. The fourth-order valence-corrected chi connectivity index (χ4v) is 2.71. The number of carbonyl (C=O) groups excluding carboxylic acids is 1. The molecule has 1 aromatic carbocycles. The number of rotatable bonds is 3. The fourth-order valence-electron chi connectivity index (χ4n) is 2.71. The first kappa shape index (κ1) is 18.0. The summed E-state index contributed by atoms with van der Waals surface area (Å²) in [5.41, 5.74) is -0.521. The van der Waals surface area contributed by atoms with Gasteiger partial charge in [-0.1, -0.05) is 0 Å². The van der Waals surface area contributed by atoms with E-state index in [1.807, 2.05) is 4.90 Å². The summed E-state index contributed by atoms with van der Waals surface area (Å²) in [6, 6.07) is 7.78. The molecule has 9 heteroatoms. The molecular formula is C17H17F3N4O2. The van der Waals surface area contributed by atoms with Crippen LogP contribution in [-0.2, 0) is 6.18 Å². The molecule has 1 fully saturated rings. The molecule has 0 saturated carbocycles. The van der Waals surface area contributed by atoms with Gasteiger partial charge >= 0.3 is 6.18 Å². The molecule has 3 rings (SSSR count). The Morgan fingerprint density at radius 1 is 1.00 bits per heavy atom. The van der Waals surface area contributed by atoms with Crippen molar-refractivity contribution in [3.63, 3.8) is 0 Å². The highest BCUT2D eigenvalue weighted by Crippen LogP contribution is 2.29. The van der Waals surface area contributed by atoms with Gasteiger partial charge in [0.1, 0.15) is 0 Å². The van der Waals surface area contributed by atoms with Crippen molar-refractivity contribution in [3.8, 4) is 5.88 Å². The Morgan fingerprint density at radius 3 is 2.15 bits per heavy atom. The number of anilines is 1. The quantitative estimate of drug-likeness (QED) is 0.835. The molecule has 0 N–H and O–H groups in total. The molecule has 6 nitrogen and oxygen atoms in total. The second kappa shape index (κ2) is 7.19. The molecule has 2 heterocycles. The summed E-state index contributed by atoms with van der Waals surface area (Å²) >= 11 is 0. The van der Waals surface area contributed by atoms with E-state index < -0.39 is 11.7 Å². The van der Waals surface area contributed by atoms with Crippen LogP contribution in [0.4, 0.5) is 19.0 Å². The second-order valence-electron chi connectivity index (χ2n) is 5.79. The second-order valence-corrected chi connectivity index (χ2v) is 5.79. The number of methoxy groups -OCH3 is 1. The number of carbonyl (C=O) groups is 1. The average molecular weight is 366 g/mol. The van der Waals surface area contributed by atoms with Crippen molar-refractivity contribution < 1.29 is 22.7 Å². The maximum atomic E-state index is 12.6. The van der Waals surface area contributed by atoms with Gasteiger partial charge in [-0.25, -0.2) is 0 Å². The van der Waals surface area contributed by atoms with Crippen molar-refractivity contribution >= 4 is 11.7 Å². The monoisotopic (exact) mass is 366 g/mol. The van der Waals surface area contributed by atoms with E-state index in [2.05, 4.69) is 10.2 Å². The third kappa shape index (κ3) is 3.87. The van der Waals surface area contributed by atoms with E-state index in [0.29, 0.717) is 37.9 Å². The SMILES string of the molecule is COc1ccc(N2CCN(C(=O)c3ccc(C(F)(F)F)cc3)CC2)nn1. The lowest BCUT2D eigenvalue weighted by atomic mass is 10.1. The Labute approximate surface area is 148 Å². The topological polar surface area (TPSA) is 58.6 Å². The minimum absolute atomic E-state index is 0.246. The molecule has 0 radical (unpaired) electrons. The largest absolute Gasteiger partial charge is 0.480 e. The summed E-state index contributed by atoms with van der Waals surface area (Å²) in [4.78, 5) is 16.1. The van der Waals surface area contributed by atoms with E-state index in [1.165, 1.54) is 19.2 Å². The maximum Gasteiger partial charge on any atom is 0.416 e. The van der Waals surface area contributed by atoms with E-state index in [1.54, 1.807) is 17.0 Å². The highest BCUT2D eigenvalue weighted by atomic mass is 19.4. The Morgan fingerprint density at radius 2 is 1.65 bits per heavy atom. The Hall–Kier alpha value is -2.84. The highest BCUT2D eigenvalue weighted by molar-refractivity contribution is 5.94. The Kier molecular flexibility index (Phi) is 4.97. The van der Waals surface area contributed by atoms with Crippen molar-refractivity contribution in [2.75, 3.05) is 38.2 Å². The van der Waals surface area contributed by atoms with Crippen molar-refractivity contribution in [1.29, 1.82) is 0 Å². The molecule has 0 bridgehead atoms. The van der Waals surface area contributed by atoms with Gasteiger partial charge in [-0.15, -0.1) is 10.2 Å². The molecular weight excluding hydrogens is 349 g/mol. The van der Waals surface area contributed by atoms with Crippen LogP contribution >= 0.6 is 0 Å². The number of nitrogens with zero attached hydrogens (tertiary/aromatic N) is 4. The number of aromatic nitrogens is 2. The van der Waals surface area contributed by atoms with Crippen molar-refractivity contribution in [1.82, 2.24) is 15.1 Å². The van der Waals surface area contributed by atoms with Gasteiger partial charge in [0.25, 0.3) is 5.91 Å². The lowest BCUT2D eigenvalue weighted by Gasteiger charge is -2.35. The number of halogens is 3. The van der Waals surface area contributed by atoms with E-state index in [9.17, 15) is 18.0 Å². The molecule has 1 aliphatic heterocycles. The summed E-state index contributed by atoms with van der Waals surface area (Å²) in [6.45, 7) is 2.03. The van der Waals surface area contributed by atoms with Crippen LogP contribution in [0.1, 0.15) is 15.9 Å². The minimum Gasteiger partial charge on any atom is -0.480 e. The molecule has 1 aliphatic rings. The van der Waals surface area contributed by atoms with E-state index >= 15 is 0 Å². The number of hydrogen-bond acceptors (Lipinski definition) is 5. The summed E-state index contributed by atoms with van der Waals surface area (Å²) in [5.74, 6) is 0.830. The third-order valence-electron chi connectivity index (χ3n) is 4.19. The first-order valence-electron chi connectivity index (χ1n) is 7.97. The van der Waals surface area contributed by atoms with Crippen LogP contribution in [0.25, 0.3) is 0 Å². The maximum absolute atomic E-state index is 12.6. The number of amides is 1. The fraction of sp³-hybridized carbons (Fsp3) is 0.353. The van der Waals surface area contributed by atoms with Crippen LogP contribution < -0.4 is 9.64 Å². The van der Waals surface area contributed by atoms with Gasteiger partial charge in [-0.3, -0.25) is 4.79 Å². The number of benzene rings is 1. The molecule has 1 amide bonds. The van der Waals surface area contributed by atoms with Gasteiger partial charge in [0, 0.05) is 37.8 Å². The number of piperazine rings is 1. The van der Waals surface area contributed by atoms with Crippen molar-refractivity contribution in [3.05, 3.63) is 47.5 Å². The first-order valence-corrected chi connectivity index (χ1v) is 7.97. The number of ether oxygens (including phenoxy) is 1. The highest BCUT2D eigenvalue weighted by Gasteiger charge is 2.30. The molecule has 1 saturated heterocycles. The summed E-state index contributed by atoms with van der Waals surface area (Å²) in [6.07, 6.45) is -4.41. The average Bonchev–Trinajstić information content (AvgIpc) is 2.67. The molecule has 0 spiro atoms. The van der Waals surface area contributed by atoms with E-state index in [0.717, 1.165) is 12.1 Å². The lowest BCUT2D eigenvalue weighted by Crippen LogP contribution is -2.49. The van der Waals surface area contributed by atoms with Gasteiger partial charge in [0.2, 0.25) is 5.88 Å². The minimum atomic E-state index is -4.41. The van der Waals surface area contributed by atoms with Gasteiger partial charge < -0.3 is 14.5 Å². The van der Waals surface area contributed by atoms with Crippen LogP contribution in [0.2, 0.25) is 0 Å². The van der Waals surface area contributed by atoms with Crippen LogP contribution in [0.3, 0.4) is 0 Å². The third-order valence-corrected chi connectivity index (χ3v) is 4.19. The summed E-state index contributed by atoms with van der Waals surface area (Å²) < 4.78 is 42.8. The molecule has 0 atom stereocenters. The summed E-state index contributed by atoms with van der Waals surface area (Å²) in [7, 11) is 1.51. The first-order chi connectivity index (χ1) is 12.4. The Balaban J connectivity index is 1.61. The summed E-state index contributed by atoms with van der Waals surface area (Å²) in [5, 5.41) is 7.99. The van der Waals surface area contributed by atoms with Gasteiger partial charge in [-0.05, 0) is 30.3 Å². The van der Waals surface area contributed by atoms with E-state index in [-0.39, 0.29) is 11.5 Å². The zero-order valence-corrected chi connectivity index (χ0v) is 14.0. The van der Waals surface area contributed by atoms with Crippen LogP contribution in [0.5, 0.6) is 5.88 Å². The lowest BCUT2D eigenvalue weighted by molar-refractivity contribution is -0.137. The standard InChI is InChI=1S/C17H17F3N4O2/c1-26-15-7-6-14(21-22-15)23-8-10-24(11-9-23)16(25)12-2-4-13(5-3-12)17(18,19)20/h2-7H,8-11H2,1H3. The zero-order chi connectivity index (χ0) is 18.7. The smallest absolute Gasteiger partial charge is 0.416 e. The number of alkyl halides is 3.